The summed E-state index contributed by atoms with van der Waals surface area (Å²) < 4.78 is 19.0. The minimum atomic E-state index is -0.629. The number of guanidine groups is 1. The molecule has 0 unspecified atom stereocenters. The molecule has 0 atom stereocenters. The monoisotopic (exact) mass is 422 g/mol. The van der Waals surface area contributed by atoms with Crippen LogP contribution in [0.5, 0.6) is 5.75 Å². The SMILES string of the molecule is CCN(CC1CCN(C(=NC)NCc2ccc(O)c(F)c2)CC1)C(=O)OC(C)(C)C. The van der Waals surface area contributed by atoms with Gasteiger partial charge in [0.2, 0.25) is 0 Å². The molecule has 0 bridgehead atoms. The first-order valence-electron chi connectivity index (χ1n) is 10.5. The number of phenols is 1. The number of benzene rings is 1. The van der Waals surface area contributed by atoms with E-state index in [9.17, 15) is 14.3 Å². The van der Waals surface area contributed by atoms with E-state index in [1.165, 1.54) is 12.1 Å². The van der Waals surface area contributed by atoms with Gasteiger partial charge < -0.3 is 25.0 Å². The Morgan fingerprint density at radius 1 is 1.37 bits per heavy atom. The van der Waals surface area contributed by atoms with Crippen LogP contribution in [0.2, 0.25) is 0 Å². The van der Waals surface area contributed by atoms with Crippen LogP contribution in [0.25, 0.3) is 0 Å². The van der Waals surface area contributed by atoms with Crippen LogP contribution in [0.4, 0.5) is 9.18 Å². The van der Waals surface area contributed by atoms with Crippen molar-refractivity contribution in [1.29, 1.82) is 0 Å². The Labute approximate surface area is 178 Å². The Balaban J connectivity index is 1.84. The fraction of sp³-hybridized carbons (Fsp3) is 0.636. The number of aromatic hydroxyl groups is 1. The Kier molecular flexibility index (Phi) is 8.32. The molecule has 1 aromatic rings. The van der Waals surface area contributed by atoms with Gasteiger partial charge in [0.1, 0.15) is 5.60 Å². The van der Waals surface area contributed by atoms with Crippen LogP contribution in [0.3, 0.4) is 0 Å². The third kappa shape index (κ3) is 7.07. The number of rotatable bonds is 5. The maximum absolute atomic E-state index is 13.5. The molecule has 0 spiro atoms. The third-order valence-corrected chi connectivity index (χ3v) is 5.10. The largest absolute Gasteiger partial charge is 0.505 e. The second-order valence-electron chi connectivity index (χ2n) is 8.64. The molecule has 0 radical (unpaired) electrons. The highest BCUT2D eigenvalue weighted by atomic mass is 19.1. The lowest BCUT2D eigenvalue weighted by molar-refractivity contribution is 0.0214. The van der Waals surface area contributed by atoms with Crippen molar-refractivity contribution in [2.75, 3.05) is 33.2 Å². The molecule has 30 heavy (non-hydrogen) atoms. The van der Waals surface area contributed by atoms with Crippen LogP contribution < -0.4 is 5.32 Å². The van der Waals surface area contributed by atoms with Crippen LogP contribution in [-0.4, -0.2) is 65.8 Å². The van der Waals surface area contributed by atoms with Crippen molar-refractivity contribution in [3.63, 3.8) is 0 Å². The van der Waals surface area contributed by atoms with Gasteiger partial charge in [-0.15, -0.1) is 0 Å². The smallest absolute Gasteiger partial charge is 0.410 e. The number of phenolic OH excluding ortho intramolecular Hbond substituents is 1. The Morgan fingerprint density at radius 3 is 2.57 bits per heavy atom. The van der Waals surface area contributed by atoms with Gasteiger partial charge in [-0.1, -0.05) is 6.07 Å². The molecule has 2 rings (SSSR count). The van der Waals surface area contributed by atoms with Gasteiger partial charge in [0.05, 0.1) is 0 Å². The van der Waals surface area contributed by atoms with E-state index in [1.54, 1.807) is 18.0 Å². The van der Waals surface area contributed by atoms with Crippen LogP contribution in [0, 0.1) is 11.7 Å². The number of likely N-dealkylation sites (tertiary alicyclic amines) is 1. The number of carbonyl (C=O) groups excluding carboxylic acids is 1. The lowest BCUT2D eigenvalue weighted by Gasteiger charge is -2.36. The number of halogens is 1. The van der Waals surface area contributed by atoms with Crippen molar-refractivity contribution in [3.05, 3.63) is 29.6 Å². The molecule has 1 amide bonds. The van der Waals surface area contributed by atoms with E-state index in [4.69, 9.17) is 4.74 Å². The first-order chi connectivity index (χ1) is 14.1. The molecule has 7 nitrogen and oxygen atoms in total. The number of hydrogen-bond acceptors (Lipinski definition) is 4. The molecule has 2 N–H and O–H groups in total. The van der Waals surface area contributed by atoms with E-state index in [-0.39, 0.29) is 11.8 Å². The average molecular weight is 423 g/mol. The van der Waals surface area contributed by atoms with Gasteiger partial charge in [-0.3, -0.25) is 4.99 Å². The lowest BCUT2D eigenvalue weighted by Crippen LogP contribution is -2.47. The Morgan fingerprint density at radius 2 is 2.03 bits per heavy atom. The van der Waals surface area contributed by atoms with E-state index in [0.29, 0.717) is 25.6 Å². The zero-order valence-corrected chi connectivity index (χ0v) is 18.7. The molecule has 0 saturated carbocycles. The first-order valence-corrected chi connectivity index (χ1v) is 10.5. The number of ether oxygens (including phenoxy) is 1. The summed E-state index contributed by atoms with van der Waals surface area (Å²) in [5.41, 5.74) is 0.240. The second-order valence-corrected chi connectivity index (χ2v) is 8.64. The first kappa shape index (κ1) is 23.8. The number of carbonyl (C=O) groups is 1. The highest BCUT2D eigenvalue weighted by Gasteiger charge is 2.27. The zero-order chi connectivity index (χ0) is 22.3. The quantitative estimate of drug-likeness (QED) is 0.560. The maximum Gasteiger partial charge on any atom is 0.410 e. The van der Waals surface area contributed by atoms with Crippen LogP contribution in [-0.2, 0) is 11.3 Å². The fourth-order valence-electron chi connectivity index (χ4n) is 3.47. The fourth-order valence-corrected chi connectivity index (χ4v) is 3.47. The summed E-state index contributed by atoms with van der Waals surface area (Å²) >= 11 is 0. The minimum absolute atomic E-state index is 0.258. The summed E-state index contributed by atoms with van der Waals surface area (Å²) in [6, 6.07) is 4.35. The summed E-state index contributed by atoms with van der Waals surface area (Å²) in [4.78, 5) is 20.7. The Hall–Kier alpha value is -2.51. The van der Waals surface area contributed by atoms with E-state index >= 15 is 0 Å². The van der Waals surface area contributed by atoms with Gasteiger partial charge >= 0.3 is 6.09 Å². The van der Waals surface area contributed by atoms with Crippen molar-refractivity contribution in [3.8, 4) is 5.75 Å². The lowest BCUT2D eigenvalue weighted by atomic mass is 9.96. The molecule has 1 aromatic carbocycles. The van der Waals surface area contributed by atoms with Gasteiger partial charge in [0.25, 0.3) is 0 Å². The number of amides is 1. The van der Waals surface area contributed by atoms with Crippen molar-refractivity contribution >= 4 is 12.1 Å². The highest BCUT2D eigenvalue weighted by molar-refractivity contribution is 5.80. The van der Waals surface area contributed by atoms with Crippen LogP contribution in [0.15, 0.2) is 23.2 Å². The minimum Gasteiger partial charge on any atom is -0.505 e. The van der Waals surface area contributed by atoms with E-state index in [1.807, 2.05) is 27.7 Å². The van der Waals surface area contributed by atoms with Crippen molar-refractivity contribution < 1.29 is 19.0 Å². The summed E-state index contributed by atoms with van der Waals surface area (Å²) in [6.07, 6.45) is 1.65. The normalized spacial score (nSPS) is 15.8. The second kappa shape index (κ2) is 10.5. The number of nitrogens with zero attached hydrogens (tertiary/aromatic N) is 3. The summed E-state index contributed by atoms with van der Waals surface area (Å²) in [6.45, 7) is 11.0. The standard InChI is InChI=1S/C22H35FN4O3/c1-6-26(21(29)30-22(2,3)4)15-16-9-11-27(12-10-16)20(24-5)25-14-17-7-8-19(28)18(23)13-17/h7-8,13,16,28H,6,9-12,14-15H2,1-5H3,(H,24,25). The molecule has 1 saturated heterocycles. The highest BCUT2D eigenvalue weighted by Crippen LogP contribution is 2.20. The van der Waals surface area contributed by atoms with Gasteiger partial charge in [0.15, 0.2) is 17.5 Å². The molecule has 1 fully saturated rings. The number of aliphatic imine (C=N–C) groups is 1. The predicted octanol–water partition coefficient (Wildman–Crippen LogP) is 3.58. The van der Waals surface area contributed by atoms with Crippen molar-refractivity contribution in [2.24, 2.45) is 10.9 Å². The van der Waals surface area contributed by atoms with Crippen LogP contribution in [0.1, 0.15) is 46.1 Å². The van der Waals surface area contributed by atoms with Gasteiger partial charge in [0, 0.05) is 39.8 Å². The van der Waals surface area contributed by atoms with Gasteiger partial charge in [-0.2, -0.15) is 0 Å². The van der Waals surface area contributed by atoms with Crippen LogP contribution >= 0.6 is 0 Å². The molecule has 0 aromatic heterocycles. The molecule has 168 valence electrons. The van der Waals surface area contributed by atoms with Crippen molar-refractivity contribution in [1.82, 2.24) is 15.1 Å². The van der Waals surface area contributed by atoms with E-state index in [2.05, 4.69) is 15.2 Å². The average Bonchev–Trinajstić information content (AvgIpc) is 2.68. The number of nitrogens with one attached hydrogen (secondary N) is 1. The van der Waals surface area contributed by atoms with E-state index < -0.39 is 11.4 Å². The molecule has 1 heterocycles. The molecular formula is C22H35FN4O3. The van der Waals surface area contributed by atoms with E-state index in [0.717, 1.165) is 37.5 Å². The molecule has 1 aliphatic rings. The predicted molar refractivity (Wildman–Crippen MR) is 116 cm³/mol. The Bertz CT molecular complexity index is 740. The third-order valence-electron chi connectivity index (χ3n) is 5.10. The number of hydrogen-bond donors (Lipinski definition) is 2. The molecule has 8 heteroatoms. The topological polar surface area (TPSA) is 77.4 Å². The van der Waals surface area contributed by atoms with Gasteiger partial charge in [-0.05, 0) is 64.2 Å². The number of piperidine rings is 1. The zero-order valence-electron chi connectivity index (χ0n) is 18.7. The molecular weight excluding hydrogens is 387 g/mol. The summed E-state index contributed by atoms with van der Waals surface area (Å²) in [5, 5.41) is 12.6. The summed E-state index contributed by atoms with van der Waals surface area (Å²) in [5.74, 6) is 0.202. The summed E-state index contributed by atoms with van der Waals surface area (Å²) in [7, 11) is 1.73. The van der Waals surface area contributed by atoms with Crippen molar-refractivity contribution in [2.45, 2.75) is 52.7 Å². The molecule has 1 aliphatic heterocycles. The maximum atomic E-state index is 13.5. The molecule has 0 aliphatic carbocycles. The van der Waals surface area contributed by atoms with Gasteiger partial charge in [-0.25, -0.2) is 9.18 Å².